The van der Waals surface area contributed by atoms with Gasteiger partial charge in [-0.2, -0.15) is 0 Å². The Labute approximate surface area is 119 Å². The van der Waals surface area contributed by atoms with Crippen molar-refractivity contribution in [3.05, 3.63) is 29.8 Å². The molecule has 110 valence electrons. The van der Waals surface area contributed by atoms with Crippen molar-refractivity contribution in [3.8, 4) is 0 Å². The number of nitrogens with one attached hydrogen (secondary N) is 2. The Hall–Kier alpha value is -1.88. The molecule has 4 N–H and O–H groups in total. The van der Waals surface area contributed by atoms with Crippen molar-refractivity contribution in [2.45, 2.75) is 39.2 Å². The van der Waals surface area contributed by atoms with E-state index in [9.17, 15) is 9.59 Å². The lowest BCUT2D eigenvalue weighted by molar-refractivity contribution is -0.114. The van der Waals surface area contributed by atoms with Crippen LogP contribution < -0.4 is 16.4 Å². The van der Waals surface area contributed by atoms with E-state index in [1.165, 1.54) is 6.92 Å². The summed E-state index contributed by atoms with van der Waals surface area (Å²) in [7, 11) is 0. The average molecular weight is 277 g/mol. The largest absolute Gasteiger partial charge is 0.350 e. The number of nitrogens with two attached hydrogens (primary N) is 1. The second-order valence-corrected chi connectivity index (χ2v) is 5.01. The Balaban J connectivity index is 2.62. The van der Waals surface area contributed by atoms with E-state index in [1.54, 1.807) is 24.3 Å². The first-order chi connectivity index (χ1) is 9.40. The number of amides is 2. The summed E-state index contributed by atoms with van der Waals surface area (Å²) < 4.78 is 0. The Kier molecular flexibility index (Phi) is 5.70. The monoisotopic (exact) mass is 277 g/mol. The first-order valence-electron chi connectivity index (χ1n) is 6.85. The van der Waals surface area contributed by atoms with E-state index in [0.29, 0.717) is 17.8 Å². The van der Waals surface area contributed by atoms with Gasteiger partial charge in [-0.25, -0.2) is 0 Å². The lowest BCUT2D eigenvalue weighted by atomic mass is 9.94. The van der Waals surface area contributed by atoms with Crippen LogP contribution in [-0.4, -0.2) is 23.9 Å². The molecule has 0 radical (unpaired) electrons. The Morgan fingerprint density at radius 1 is 1.15 bits per heavy atom. The Bertz CT molecular complexity index is 465. The molecule has 0 aliphatic carbocycles. The van der Waals surface area contributed by atoms with Gasteiger partial charge in [0.05, 0.1) is 0 Å². The zero-order valence-corrected chi connectivity index (χ0v) is 12.3. The highest BCUT2D eigenvalue weighted by Crippen LogP contribution is 2.12. The van der Waals surface area contributed by atoms with Crippen LogP contribution in [0.2, 0.25) is 0 Å². The zero-order valence-electron chi connectivity index (χ0n) is 12.3. The van der Waals surface area contributed by atoms with Crippen molar-refractivity contribution in [1.29, 1.82) is 0 Å². The maximum Gasteiger partial charge on any atom is 0.251 e. The van der Waals surface area contributed by atoms with Crippen molar-refractivity contribution in [2.24, 2.45) is 5.73 Å². The molecule has 0 aliphatic heterocycles. The summed E-state index contributed by atoms with van der Waals surface area (Å²) in [6.45, 7) is 5.92. The van der Waals surface area contributed by atoms with Crippen LogP contribution in [0.15, 0.2) is 24.3 Å². The standard InChI is InChI=1S/C15H23N3O2/c1-4-15(16,5-2)10-17-14(20)12-6-8-13(9-7-12)18-11(3)19/h6-9H,4-5,10,16H2,1-3H3,(H,17,20)(H,18,19). The molecule has 2 amide bonds. The smallest absolute Gasteiger partial charge is 0.251 e. The molecule has 0 aliphatic rings. The van der Waals surface area contributed by atoms with Crippen LogP contribution in [0.1, 0.15) is 44.0 Å². The molecule has 20 heavy (non-hydrogen) atoms. The second-order valence-electron chi connectivity index (χ2n) is 5.01. The van der Waals surface area contributed by atoms with Crippen LogP contribution >= 0.6 is 0 Å². The maximum absolute atomic E-state index is 12.0. The highest BCUT2D eigenvalue weighted by atomic mass is 16.2. The van der Waals surface area contributed by atoms with Gasteiger partial charge >= 0.3 is 0 Å². The second kappa shape index (κ2) is 7.05. The van der Waals surface area contributed by atoms with Gasteiger partial charge in [-0.1, -0.05) is 13.8 Å². The van der Waals surface area contributed by atoms with E-state index in [0.717, 1.165) is 12.8 Å². The summed E-state index contributed by atoms with van der Waals surface area (Å²) in [5.41, 5.74) is 7.00. The fourth-order valence-corrected chi connectivity index (χ4v) is 1.77. The van der Waals surface area contributed by atoms with Gasteiger partial charge in [-0.15, -0.1) is 0 Å². The molecule has 0 bridgehead atoms. The minimum atomic E-state index is -0.355. The highest BCUT2D eigenvalue weighted by Gasteiger charge is 2.21. The van der Waals surface area contributed by atoms with Gasteiger partial charge in [0.15, 0.2) is 0 Å². The number of hydrogen-bond acceptors (Lipinski definition) is 3. The molecule has 0 aromatic heterocycles. The molecule has 0 spiro atoms. The molecule has 0 saturated carbocycles. The normalized spacial score (nSPS) is 11.0. The fraction of sp³-hybridized carbons (Fsp3) is 0.467. The van der Waals surface area contributed by atoms with Crippen molar-refractivity contribution < 1.29 is 9.59 Å². The third-order valence-electron chi connectivity index (χ3n) is 3.48. The zero-order chi connectivity index (χ0) is 15.2. The predicted molar refractivity (Wildman–Crippen MR) is 80.6 cm³/mol. The number of carbonyl (C=O) groups is 2. The number of hydrogen-bond donors (Lipinski definition) is 3. The molecule has 0 saturated heterocycles. The van der Waals surface area contributed by atoms with Gasteiger partial charge in [-0.05, 0) is 37.1 Å². The van der Waals surface area contributed by atoms with Crippen molar-refractivity contribution >= 4 is 17.5 Å². The van der Waals surface area contributed by atoms with Crippen molar-refractivity contribution in [3.63, 3.8) is 0 Å². The minimum Gasteiger partial charge on any atom is -0.350 e. The van der Waals surface area contributed by atoms with Gasteiger partial charge in [0, 0.05) is 30.3 Å². The maximum atomic E-state index is 12.0. The third-order valence-corrected chi connectivity index (χ3v) is 3.48. The predicted octanol–water partition coefficient (Wildman–Crippen LogP) is 1.89. The van der Waals surface area contributed by atoms with Crippen LogP contribution in [-0.2, 0) is 4.79 Å². The lowest BCUT2D eigenvalue weighted by Gasteiger charge is -2.26. The van der Waals surface area contributed by atoms with Crippen molar-refractivity contribution in [2.75, 3.05) is 11.9 Å². The number of benzene rings is 1. The molecule has 1 rings (SSSR count). The third kappa shape index (κ3) is 4.66. The van der Waals surface area contributed by atoms with E-state index >= 15 is 0 Å². The van der Waals surface area contributed by atoms with Crippen LogP contribution in [0.25, 0.3) is 0 Å². The van der Waals surface area contributed by atoms with Gasteiger partial charge in [0.1, 0.15) is 0 Å². The van der Waals surface area contributed by atoms with E-state index < -0.39 is 0 Å². The molecule has 0 unspecified atom stereocenters. The quantitative estimate of drug-likeness (QED) is 0.742. The number of carbonyl (C=O) groups excluding carboxylic acids is 2. The SMILES string of the molecule is CCC(N)(CC)CNC(=O)c1ccc(NC(C)=O)cc1. The van der Waals surface area contributed by atoms with Gasteiger partial charge in [0.25, 0.3) is 5.91 Å². The van der Waals surface area contributed by atoms with Gasteiger partial charge < -0.3 is 16.4 Å². The molecule has 0 atom stereocenters. The molecule has 5 heteroatoms. The summed E-state index contributed by atoms with van der Waals surface area (Å²) in [4.78, 5) is 22.9. The molecular formula is C15H23N3O2. The highest BCUT2D eigenvalue weighted by molar-refractivity contribution is 5.95. The first kappa shape index (κ1) is 16.2. The molecular weight excluding hydrogens is 254 g/mol. The lowest BCUT2D eigenvalue weighted by Crippen LogP contribution is -2.49. The summed E-state index contributed by atoms with van der Waals surface area (Å²) in [5.74, 6) is -0.294. The molecule has 0 fully saturated rings. The van der Waals surface area contributed by atoms with E-state index in [2.05, 4.69) is 10.6 Å². The summed E-state index contributed by atoms with van der Waals surface area (Å²) in [6.07, 6.45) is 1.62. The van der Waals surface area contributed by atoms with Gasteiger partial charge in [-0.3, -0.25) is 9.59 Å². The fourth-order valence-electron chi connectivity index (χ4n) is 1.77. The topological polar surface area (TPSA) is 84.2 Å². The van der Waals surface area contributed by atoms with E-state index in [4.69, 9.17) is 5.73 Å². The molecule has 1 aromatic carbocycles. The summed E-state index contributed by atoms with van der Waals surface area (Å²) in [6, 6.07) is 6.75. The van der Waals surface area contributed by atoms with Crippen LogP contribution in [0.5, 0.6) is 0 Å². The number of anilines is 1. The van der Waals surface area contributed by atoms with Crippen LogP contribution in [0.4, 0.5) is 5.69 Å². The first-order valence-corrected chi connectivity index (χ1v) is 6.85. The average Bonchev–Trinajstić information content (AvgIpc) is 2.44. The Morgan fingerprint density at radius 2 is 1.70 bits per heavy atom. The molecule has 0 heterocycles. The van der Waals surface area contributed by atoms with E-state index in [-0.39, 0.29) is 17.4 Å². The van der Waals surface area contributed by atoms with Crippen molar-refractivity contribution in [1.82, 2.24) is 5.32 Å². The molecule has 1 aromatic rings. The van der Waals surface area contributed by atoms with Crippen LogP contribution in [0.3, 0.4) is 0 Å². The number of rotatable bonds is 6. The minimum absolute atomic E-state index is 0.138. The van der Waals surface area contributed by atoms with Gasteiger partial charge in [0.2, 0.25) is 5.91 Å². The van der Waals surface area contributed by atoms with Crippen LogP contribution in [0, 0.1) is 0 Å². The van der Waals surface area contributed by atoms with E-state index in [1.807, 2.05) is 13.8 Å². The summed E-state index contributed by atoms with van der Waals surface area (Å²) in [5, 5.41) is 5.51. The summed E-state index contributed by atoms with van der Waals surface area (Å²) >= 11 is 0. The molecule has 5 nitrogen and oxygen atoms in total. The Morgan fingerprint density at radius 3 is 2.15 bits per heavy atom.